The molecule has 0 radical (unpaired) electrons. The Hall–Kier alpha value is -2.00. The second-order valence-corrected chi connectivity index (χ2v) is 3.67. The van der Waals surface area contributed by atoms with E-state index in [1.807, 2.05) is 37.3 Å². The summed E-state index contributed by atoms with van der Waals surface area (Å²) in [5.74, 6) is 0.782. The maximum Gasteiger partial charge on any atom is 0.123 e. The highest BCUT2D eigenvalue weighted by molar-refractivity contribution is 5.58. The number of methoxy groups -OCH3 is 1. The molecule has 0 aliphatic rings. The Balaban J connectivity index is 2.89. The predicted octanol–water partition coefficient (Wildman–Crippen LogP) is 2.91. The van der Waals surface area contributed by atoms with E-state index >= 15 is 0 Å². The molecule has 0 aromatic heterocycles. The lowest BCUT2D eigenvalue weighted by atomic mass is 10.1. The molecule has 3 nitrogen and oxygen atoms in total. The molecule has 3 heteroatoms. The maximum absolute atomic E-state index is 9.51. The Morgan fingerprint density at radius 1 is 1.28 bits per heavy atom. The Morgan fingerprint density at radius 3 is 2.67 bits per heavy atom. The van der Waals surface area contributed by atoms with Gasteiger partial charge in [-0.05, 0) is 30.2 Å². The molecule has 0 fully saturated rings. The van der Waals surface area contributed by atoms with E-state index in [1.165, 1.54) is 0 Å². The summed E-state index contributed by atoms with van der Waals surface area (Å²) in [4.78, 5) is 0. The zero-order valence-electron chi connectivity index (χ0n) is 10.6. The van der Waals surface area contributed by atoms with Crippen molar-refractivity contribution in [1.29, 1.82) is 0 Å². The molecule has 0 heterocycles. The lowest BCUT2D eigenvalue weighted by Crippen LogP contribution is -1.83. The summed E-state index contributed by atoms with van der Waals surface area (Å²) in [5.41, 5.74) is 1.83. The van der Waals surface area contributed by atoms with Crippen LogP contribution in [0.25, 0.3) is 6.08 Å². The molecule has 2 N–H and O–H groups in total. The summed E-state index contributed by atoms with van der Waals surface area (Å²) < 4.78 is 5.08. The highest BCUT2D eigenvalue weighted by Gasteiger charge is 1.97. The number of hydrogen-bond donors (Lipinski definition) is 2. The Kier molecular flexibility index (Phi) is 5.74. The first kappa shape index (κ1) is 14.1. The summed E-state index contributed by atoms with van der Waals surface area (Å²) >= 11 is 0. The standard InChI is InChI=1S/C15H18O3/c1-3-12(5-4-8-16)6-7-13-9-14(17)11-15(10-13)18-2/h3-7,9-11,16-17H,8H2,1-2H3/b5-4-,7-6+,12-3+. The van der Waals surface area contributed by atoms with Crippen molar-refractivity contribution in [2.45, 2.75) is 6.92 Å². The topological polar surface area (TPSA) is 49.7 Å². The van der Waals surface area contributed by atoms with Gasteiger partial charge in [0.15, 0.2) is 0 Å². The van der Waals surface area contributed by atoms with Gasteiger partial charge in [-0.25, -0.2) is 0 Å². The van der Waals surface area contributed by atoms with Crippen molar-refractivity contribution in [2.24, 2.45) is 0 Å². The van der Waals surface area contributed by atoms with E-state index in [1.54, 1.807) is 25.3 Å². The van der Waals surface area contributed by atoms with E-state index < -0.39 is 0 Å². The minimum Gasteiger partial charge on any atom is -0.508 e. The number of aliphatic hydroxyl groups is 1. The summed E-state index contributed by atoms with van der Waals surface area (Å²) in [6.45, 7) is 1.94. The molecule has 0 amide bonds. The zero-order chi connectivity index (χ0) is 13.4. The third kappa shape index (κ3) is 4.47. The third-order valence-corrected chi connectivity index (χ3v) is 2.37. The van der Waals surface area contributed by atoms with Crippen LogP contribution in [0.15, 0.2) is 48.1 Å². The molecule has 18 heavy (non-hydrogen) atoms. The van der Waals surface area contributed by atoms with Crippen LogP contribution in [-0.2, 0) is 0 Å². The lowest BCUT2D eigenvalue weighted by molar-refractivity contribution is 0.342. The lowest BCUT2D eigenvalue weighted by Gasteiger charge is -2.02. The average Bonchev–Trinajstić information content (AvgIpc) is 2.38. The van der Waals surface area contributed by atoms with Crippen LogP contribution >= 0.6 is 0 Å². The van der Waals surface area contributed by atoms with Gasteiger partial charge in [-0.15, -0.1) is 0 Å². The molecule has 1 aromatic rings. The molecule has 1 aromatic carbocycles. The maximum atomic E-state index is 9.51. The van der Waals surface area contributed by atoms with Gasteiger partial charge in [0, 0.05) is 6.07 Å². The van der Waals surface area contributed by atoms with Gasteiger partial charge in [0.25, 0.3) is 0 Å². The van der Waals surface area contributed by atoms with Crippen LogP contribution in [0.2, 0.25) is 0 Å². The van der Waals surface area contributed by atoms with E-state index in [-0.39, 0.29) is 12.4 Å². The molecule has 0 aliphatic heterocycles. The Bertz CT molecular complexity index is 471. The number of ether oxygens (including phenoxy) is 1. The van der Waals surface area contributed by atoms with Crippen LogP contribution in [-0.4, -0.2) is 23.9 Å². The highest BCUT2D eigenvalue weighted by Crippen LogP contribution is 2.22. The molecule has 0 aliphatic carbocycles. The fourth-order valence-corrected chi connectivity index (χ4v) is 1.45. The van der Waals surface area contributed by atoms with Gasteiger partial charge in [-0.3, -0.25) is 0 Å². The van der Waals surface area contributed by atoms with Crippen LogP contribution in [0.5, 0.6) is 11.5 Å². The number of aliphatic hydroxyl groups excluding tert-OH is 1. The van der Waals surface area contributed by atoms with Crippen molar-refractivity contribution in [3.05, 3.63) is 53.6 Å². The zero-order valence-corrected chi connectivity index (χ0v) is 10.6. The number of phenols is 1. The van der Waals surface area contributed by atoms with Crippen molar-refractivity contribution in [3.63, 3.8) is 0 Å². The second kappa shape index (κ2) is 7.35. The van der Waals surface area contributed by atoms with E-state index in [2.05, 4.69) is 0 Å². The summed E-state index contributed by atoms with van der Waals surface area (Å²) in [6, 6.07) is 5.04. The van der Waals surface area contributed by atoms with Crippen LogP contribution in [0.4, 0.5) is 0 Å². The van der Waals surface area contributed by atoms with E-state index in [0.29, 0.717) is 5.75 Å². The number of phenolic OH excluding ortho intramolecular Hbond substituents is 1. The molecule has 96 valence electrons. The summed E-state index contributed by atoms with van der Waals surface area (Å²) in [5, 5.41) is 18.2. The number of benzene rings is 1. The highest BCUT2D eigenvalue weighted by atomic mass is 16.5. The fraction of sp³-hybridized carbons (Fsp3) is 0.200. The molecule has 0 bridgehead atoms. The molecule has 0 spiro atoms. The van der Waals surface area contributed by atoms with Gasteiger partial charge in [-0.2, -0.15) is 0 Å². The molecular formula is C15H18O3. The van der Waals surface area contributed by atoms with Crippen molar-refractivity contribution in [3.8, 4) is 11.5 Å². The molecule has 0 saturated carbocycles. The quantitative estimate of drug-likeness (QED) is 0.785. The van der Waals surface area contributed by atoms with Crippen molar-refractivity contribution >= 4 is 6.08 Å². The molecule has 0 atom stereocenters. The first-order valence-corrected chi connectivity index (χ1v) is 5.69. The van der Waals surface area contributed by atoms with Crippen molar-refractivity contribution in [1.82, 2.24) is 0 Å². The van der Waals surface area contributed by atoms with E-state index in [0.717, 1.165) is 11.1 Å². The normalized spacial score (nSPS) is 12.5. The Morgan fingerprint density at radius 2 is 2.06 bits per heavy atom. The molecule has 0 unspecified atom stereocenters. The van der Waals surface area contributed by atoms with Gasteiger partial charge in [-0.1, -0.05) is 30.4 Å². The van der Waals surface area contributed by atoms with Crippen LogP contribution in [0.1, 0.15) is 12.5 Å². The van der Waals surface area contributed by atoms with E-state index in [4.69, 9.17) is 9.84 Å². The molecule has 0 saturated heterocycles. The van der Waals surface area contributed by atoms with Crippen LogP contribution in [0.3, 0.4) is 0 Å². The van der Waals surface area contributed by atoms with Crippen molar-refractivity contribution < 1.29 is 14.9 Å². The minimum absolute atomic E-state index is 0.0190. The second-order valence-electron chi connectivity index (χ2n) is 3.67. The average molecular weight is 246 g/mol. The van der Waals surface area contributed by atoms with Gasteiger partial charge in [0.1, 0.15) is 11.5 Å². The SMILES string of the molecule is C/C=C(\C=C/CO)/C=C/c1cc(O)cc(OC)c1. The number of aromatic hydroxyl groups is 1. The monoisotopic (exact) mass is 246 g/mol. The van der Waals surface area contributed by atoms with Crippen molar-refractivity contribution in [2.75, 3.05) is 13.7 Å². The molecule has 1 rings (SSSR count). The Labute approximate surface area is 107 Å². The summed E-state index contributed by atoms with van der Waals surface area (Å²) in [7, 11) is 1.56. The predicted molar refractivity (Wildman–Crippen MR) is 73.7 cm³/mol. The largest absolute Gasteiger partial charge is 0.508 e. The van der Waals surface area contributed by atoms with Gasteiger partial charge in [0.05, 0.1) is 13.7 Å². The third-order valence-electron chi connectivity index (χ3n) is 2.37. The smallest absolute Gasteiger partial charge is 0.123 e. The van der Waals surface area contributed by atoms with Crippen LogP contribution in [0, 0.1) is 0 Å². The summed E-state index contributed by atoms with van der Waals surface area (Å²) in [6.07, 6.45) is 9.21. The van der Waals surface area contributed by atoms with E-state index in [9.17, 15) is 5.11 Å². The minimum atomic E-state index is 0.0190. The number of allylic oxidation sites excluding steroid dienone is 4. The molecular weight excluding hydrogens is 228 g/mol. The van der Waals surface area contributed by atoms with Gasteiger partial charge >= 0.3 is 0 Å². The first-order valence-electron chi connectivity index (χ1n) is 5.69. The van der Waals surface area contributed by atoms with Gasteiger partial charge in [0.2, 0.25) is 0 Å². The van der Waals surface area contributed by atoms with Crippen LogP contribution < -0.4 is 4.74 Å². The first-order chi connectivity index (χ1) is 8.69. The number of rotatable bonds is 5. The van der Waals surface area contributed by atoms with Gasteiger partial charge < -0.3 is 14.9 Å². The fourth-order valence-electron chi connectivity index (χ4n) is 1.45. The number of hydrogen-bond acceptors (Lipinski definition) is 3.